The minimum absolute atomic E-state index is 0.0198. The minimum atomic E-state index is -3.14. The number of nitrogens with one attached hydrogen (secondary N) is 2. The van der Waals surface area contributed by atoms with Crippen molar-refractivity contribution >= 4 is 15.9 Å². The first kappa shape index (κ1) is 15.7. The number of carbonyl (C=O) groups excluding carboxylic acids is 1. The molecule has 2 aliphatic rings. The molecule has 6 nitrogen and oxygen atoms in total. The van der Waals surface area contributed by atoms with Gasteiger partial charge in [-0.1, -0.05) is 0 Å². The Hall–Kier alpha value is -0.660. The second-order valence-corrected chi connectivity index (χ2v) is 7.70. The average molecular weight is 303 g/mol. The maximum atomic E-state index is 12.0. The molecule has 0 spiro atoms. The molecule has 116 valence electrons. The lowest BCUT2D eigenvalue weighted by atomic mass is 10.1. The Morgan fingerprint density at radius 2 is 1.80 bits per heavy atom. The summed E-state index contributed by atoms with van der Waals surface area (Å²) in [4.78, 5) is 13.8. The highest BCUT2D eigenvalue weighted by molar-refractivity contribution is 7.89. The van der Waals surface area contributed by atoms with E-state index in [1.807, 2.05) is 4.90 Å². The van der Waals surface area contributed by atoms with Gasteiger partial charge in [-0.3, -0.25) is 4.79 Å². The summed E-state index contributed by atoms with van der Waals surface area (Å²) in [7, 11) is -3.14. The highest BCUT2D eigenvalue weighted by atomic mass is 32.2. The molecular weight excluding hydrogens is 278 g/mol. The molecule has 1 saturated heterocycles. The van der Waals surface area contributed by atoms with Crippen molar-refractivity contribution in [1.82, 2.24) is 14.9 Å². The van der Waals surface area contributed by atoms with Crippen molar-refractivity contribution in [1.29, 1.82) is 0 Å². The molecule has 0 unspecified atom stereocenters. The van der Waals surface area contributed by atoms with E-state index in [2.05, 4.69) is 10.0 Å². The van der Waals surface area contributed by atoms with Crippen molar-refractivity contribution in [3.8, 4) is 0 Å². The fourth-order valence-corrected chi connectivity index (χ4v) is 3.32. The summed E-state index contributed by atoms with van der Waals surface area (Å²) in [5.41, 5.74) is 0. The van der Waals surface area contributed by atoms with Crippen molar-refractivity contribution in [3.63, 3.8) is 0 Å². The van der Waals surface area contributed by atoms with Crippen LogP contribution in [0.25, 0.3) is 0 Å². The van der Waals surface area contributed by atoms with Crippen molar-refractivity contribution in [2.75, 3.05) is 25.4 Å². The van der Waals surface area contributed by atoms with E-state index in [0.717, 1.165) is 6.54 Å². The second-order valence-electron chi connectivity index (χ2n) is 5.65. The number of sulfonamides is 1. The highest BCUT2D eigenvalue weighted by Gasteiger charge is 2.25. The number of hydrogen-bond acceptors (Lipinski definition) is 4. The number of likely N-dealkylation sites (tertiary alicyclic amines) is 1. The van der Waals surface area contributed by atoms with Crippen molar-refractivity contribution in [3.05, 3.63) is 0 Å². The maximum absolute atomic E-state index is 12.0. The smallest absolute Gasteiger partial charge is 0.223 e. The summed E-state index contributed by atoms with van der Waals surface area (Å²) in [6, 6.07) is 0.616. The number of nitrogens with zero attached hydrogens (tertiary/aromatic N) is 1. The van der Waals surface area contributed by atoms with Crippen LogP contribution in [0, 0.1) is 0 Å². The third-order valence-corrected chi connectivity index (χ3v) is 5.38. The minimum Gasteiger partial charge on any atom is -0.343 e. The average Bonchev–Trinajstić information content (AvgIpc) is 3.23. The molecule has 2 fully saturated rings. The lowest BCUT2D eigenvalue weighted by Gasteiger charge is -2.32. The normalized spacial score (nSPS) is 21.1. The highest BCUT2D eigenvalue weighted by Crippen LogP contribution is 2.18. The molecule has 7 heteroatoms. The van der Waals surface area contributed by atoms with Crippen molar-refractivity contribution in [2.45, 2.75) is 51.1 Å². The Bertz CT molecular complexity index is 426. The van der Waals surface area contributed by atoms with E-state index in [1.54, 1.807) is 6.92 Å². The van der Waals surface area contributed by atoms with Gasteiger partial charge in [-0.15, -0.1) is 0 Å². The Kier molecular flexibility index (Phi) is 5.40. The third kappa shape index (κ3) is 5.03. The molecule has 1 saturated carbocycles. The largest absolute Gasteiger partial charge is 0.343 e. The zero-order valence-electron chi connectivity index (χ0n) is 12.1. The first-order valence-electron chi connectivity index (χ1n) is 7.51. The van der Waals surface area contributed by atoms with E-state index in [9.17, 15) is 13.2 Å². The molecule has 0 aromatic heterocycles. The summed E-state index contributed by atoms with van der Waals surface area (Å²) in [6.07, 6.45) is 4.43. The molecule has 2 N–H and O–H groups in total. The van der Waals surface area contributed by atoms with E-state index >= 15 is 0 Å². The van der Waals surface area contributed by atoms with Crippen LogP contribution < -0.4 is 10.0 Å². The molecule has 0 aromatic rings. The third-order valence-electron chi connectivity index (χ3n) is 3.92. The Morgan fingerprint density at radius 3 is 2.35 bits per heavy atom. The van der Waals surface area contributed by atoms with Crippen LogP contribution in [0.15, 0.2) is 0 Å². The first-order valence-corrected chi connectivity index (χ1v) is 9.16. The maximum Gasteiger partial charge on any atom is 0.223 e. The number of amides is 1. The zero-order chi connectivity index (χ0) is 14.6. The molecular formula is C13H25N3O3S. The summed E-state index contributed by atoms with van der Waals surface area (Å²) >= 11 is 0. The molecule has 0 radical (unpaired) electrons. The molecule has 1 heterocycles. The van der Waals surface area contributed by atoms with E-state index < -0.39 is 10.0 Å². The van der Waals surface area contributed by atoms with Gasteiger partial charge in [0.05, 0.1) is 5.75 Å². The Balaban J connectivity index is 1.66. The summed E-state index contributed by atoms with van der Waals surface area (Å²) in [5.74, 6) is 0.286. The van der Waals surface area contributed by atoms with Gasteiger partial charge < -0.3 is 10.2 Å². The van der Waals surface area contributed by atoms with Gasteiger partial charge in [0.25, 0.3) is 0 Å². The van der Waals surface area contributed by atoms with E-state index in [4.69, 9.17) is 0 Å². The van der Waals surface area contributed by atoms with E-state index in [-0.39, 0.29) is 17.7 Å². The van der Waals surface area contributed by atoms with Gasteiger partial charge in [0.15, 0.2) is 0 Å². The molecule has 2 rings (SSSR count). The van der Waals surface area contributed by atoms with Crippen LogP contribution >= 0.6 is 0 Å². The lowest BCUT2D eigenvalue weighted by molar-refractivity contribution is -0.132. The summed E-state index contributed by atoms with van der Waals surface area (Å²) in [5, 5.41) is 3.33. The van der Waals surface area contributed by atoms with Crippen LogP contribution in [0.2, 0.25) is 0 Å². The molecule has 1 amide bonds. The molecule has 0 aromatic carbocycles. The van der Waals surface area contributed by atoms with Gasteiger partial charge in [0.2, 0.25) is 15.9 Å². The van der Waals surface area contributed by atoms with Gasteiger partial charge in [-0.2, -0.15) is 0 Å². The lowest BCUT2D eigenvalue weighted by Crippen LogP contribution is -2.47. The van der Waals surface area contributed by atoms with E-state index in [1.165, 1.54) is 12.8 Å². The van der Waals surface area contributed by atoms with Gasteiger partial charge in [-0.25, -0.2) is 13.1 Å². The van der Waals surface area contributed by atoms with Gasteiger partial charge >= 0.3 is 0 Å². The van der Waals surface area contributed by atoms with E-state index in [0.29, 0.717) is 38.4 Å². The topological polar surface area (TPSA) is 78.5 Å². The van der Waals surface area contributed by atoms with Crippen molar-refractivity contribution in [2.24, 2.45) is 0 Å². The van der Waals surface area contributed by atoms with Gasteiger partial charge in [0, 0.05) is 38.1 Å². The standard InChI is InChI=1S/C13H25N3O3S/c1-2-20(18,19)15-12-6-9-16(10-7-12)13(17)5-8-14-11-3-4-11/h11-12,14-15H,2-10H2,1H3. The Morgan fingerprint density at radius 1 is 1.15 bits per heavy atom. The van der Waals surface area contributed by atoms with Crippen molar-refractivity contribution < 1.29 is 13.2 Å². The molecule has 0 bridgehead atoms. The van der Waals surface area contributed by atoms with Crippen LogP contribution in [0.3, 0.4) is 0 Å². The number of piperidine rings is 1. The van der Waals surface area contributed by atoms with Crippen LogP contribution in [0.1, 0.15) is 39.0 Å². The molecule has 1 aliphatic heterocycles. The van der Waals surface area contributed by atoms with Crippen LogP contribution in [-0.2, 0) is 14.8 Å². The quantitative estimate of drug-likeness (QED) is 0.697. The summed E-state index contributed by atoms with van der Waals surface area (Å²) in [6.45, 7) is 3.69. The fraction of sp³-hybridized carbons (Fsp3) is 0.923. The van der Waals surface area contributed by atoms with Crippen LogP contribution in [0.4, 0.5) is 0 Å². The number of rotatable bonds is 7. The van der Waals surface area contributed by atoms with Crippen LogP contribution in [0.5, 0.6) is 0 Å². The number of carbonyl (C=O) groups is 1. The van der Waals surface area contributed by atoms with Crippen LogP contribution in [-0.4, -0.2) is 56.7 Å². The predicted octanol–water partition coefficient (Wildman–Crippen LogP) is 0.0588. The predicted molar refractivity (Wildman–Crippen MR) is 77.8 cm³/mol. The van der Waals surface area contributed by atoms with Gasteiger partial charge in [-0.05, 0) is 32.6 Å². The second kappa shape index (κ2) is 6.87. The molecule has 20 heavy (non-hydrogen) atoms. The first-order chi connectivity index (χ1) is 9.50. The SMILES string of the molecule is CCS(=O)(=O)NC1CCN(C(=O)CCNC2CC2)CC1. The number of hydrogen-bond donors (Lipinski definition) is 2. The Labute approximate surface area is 121 Å². The summed E-state index contributed by atoms with van der Waals surface area (Å²) < 4.78 is 25.7. The molecule has 1 aliphatic carbocycles. The molecule has 0 atom stereocenters. The zero-order valence-corrected chi connectivity index (χ0v) is 12.9. The fourth-order valence-electron chi connectivity index (χ4n) is 2.41. The van der Waals surface area contributed by atoms with Gasteiger partial charge in [0.1, 0.15) is 0 Å². The monoisotopic (exact) mass is 303 g/mol.